The Balaban J connectivity index is 2.21. The van der Waals surface area contributed by atoms with Crippen molar-refractivity contribution in [1.82, 2.24) is 15.1 Å². The van der Waals surface area contributed by atoms with Gasteiger partial charge in [0.15, 0.2) is 0 Å². The van der Waals surface area contributed by atoms with Crippen LogP contribution in [0.2, 0.25) is 0 Å². The van der Waals surface area contributed by atoms with Gasteiger partial charge in [0, 0.05) is 38.8 Å². The van der Waals surface area contributed by atoms with Crippen LogP contribution in [0.15, 0.2) is 0 Å². The Morgan fingerprint density at radius 1 is 1.42 bits per heavy atom. The first-order valence-corrected chi connectivity index (χ1v) is 4.81. The number of rotatable bonds is 3. The predicted octanol–water partition coefficient (Wildman–Crippen LogP) is -0.158. The van der Waals surface area contributed by atoms with Crippen LogP contribution >= 0.6 is 0 Å². The van der Waals surface area contributed by atoms with Crippen molar-refractivity contribution >= 4 is 0 Å². The molecule has 1 rings (SSSR count). The van der Waals surface area contributed by atoms with Crippen LogP contribution in [-0.4, -0.2) is 62.7 Å². The van der Waals surface area contributed by atoms with Crippen LogP contribution in [0.5, 0.6) is 0 Å². The maximum absolute atomic E-state index is 3.19. The van der Waals surface area contributed by atoms with E-state index in [-0.39, 0.29) is 0 Å². The molecule has 72 valence electrons. The van der Waals surface area contributed by atoms with Gasteiger partial charge in [-0.05, 0) is 21.0 Å². The van der Waals surface area contributed by atoms with Crippen LogP contribution in [0.4, 0.5) is 0 Å². The summed E-state index contributed by atoms with van der Waals surface area (Å²) in [5.74, 6) is 0. The molecule has 3 heteroatoms. The van der Waals surface area contributed by atoms with E-state index in [1.54, 1.807) is 0 Å². The number of hydrogen-bond acceptors (Lipinski definition) is 3. The second kappa shape index (κ2) is 4.80. The maximum Gasteiger partial charge on any atom is 0.0192 e. The monoisotopic (exact) mass is 171 g/mol. The molecule has 3 nitrogen and oxygen atoms in total. The summed E-state index contributed by atoms with van der Waals surface area (Å²) in [5, 5.41) is 3.19. The van der Waals surface area contributed by atoms with Crippen LogP contribution in [0.25, 0.3) is 0 Å². The second-order valence-corrected chi connectivity index (χ2v) is 3.73. The average Bonchev–Trinajstić information content (AvgIpc) is 2.07. The lowest BCUT2D eigenvalue weighted by Crippen LogP contribution is -2.51. The van der Waals surface area contributed by atoms with E-state index in [0.717, 1.165) is 12.6 Å². The van der Waals surface area contributed by atoms with Crippen molar-refractivity contribution in [2.45, 2.75) is 13.0 Å². The van der Waals surface area contributed by atoms with Gasteiger partial charge >= 0.3 is 0 Å². The van der Waals surface area contributed by atoms with Crippen molar-refractivity contribution in [3.05, 3.63) is 0 Å². The summed E-state index contributed by atoms with van der Waals surface area (Å²) >= 11 is 0. The zero-order valence-electron chi connectivity index (χ0n) is 8.51. The molecular formula is C9H21N3. The summed E-state index contributed by atoms with van der Waals surface area (Å²) in [6.45, 7) is 8.25. The zero-order chi connectivity index (χ0) is 8.97. The summed E-state index contributed by atoms with van der Waals surface area (Å²) in [6.07, 6.45) is 0. The number of nitrogens with one attached hydrogen (secondary N) is 1. The Labute approximate surface area is 75.7 Å². The normalized spacial score (nSPS) is 27.8. The first-order valence-electron chi connectivity index (χ1n) is 4.81. The van der Waals surface area contributed by atoms with Crippen molar-refractivity contribution in [1.29, 1.82) is 0 Å². The lowest BCUT2D eigenvalue weighted by atomic mass is 10.2. The van der Waals surface area contributed by atoms with Gasteiger partial charge in [-0.2, -0.15) is 0 Å². The minimum atomic E-state index is 0.718. The Morgan fingerprint density at radius 2 is 2.17 bits per heavy atom. The van der Waals surface area contributed by atoms with E-state index in [4.69, 9.17) is 0 Å². The third-order valence-electron chi connectivity index (χ3n) is 2.72. The summed E-state index contributed by atoms with van der Waals surface area (Å²) in [5.41, 5.74) is 0. The van der Waals surface area contributed by atoms with Crippen LogP contribution in [0.1, 0.15) is 6.92 Å². The molecule has 1 aliphatic rings. The largest absolute Gasteiger partial charge is 0.318 e. The van der Waals surface area contributed by atoms with Crippen molar-refractivity contribution in [3.63, 3.8) is 0 Å². The molecular weight excluding hydrogens is 150 g/mol. The van der Waals surface area contributed by atoms with Gasteiger partial charge in [-0.3, -0.25) is 4.90 Å². The zero-order valence-corrected chi connectivity index (χ0v) is 8.51. The number of piperazine rings is 1. The van der Waals surface area contributed by atoms with E-state index in [1.165, 1.54) is 26.2 Å². The van der Waals surface area contributed by atoms with Gasteiger partial charge in [0.2, 0.25) is 0 Å². The van der Waals surface area contributed by atoms with E-state index in [2.05, 4.69) is 29.1 Å². The topological polar surface area (TPSA) is 18.5 Å². The van der Waals surface area contributed by atoms with Gasteiger partial charge in [0.25, 0.3) is 0 Å². The standard InChI is InChI=1S/C9H21N3/c1-9-8-12(5-4-10-2)7-6-11(9)3/h9-10H,4-8H2,1-3H3. The Kier molecular flexibility index (Phi) is 3.98. The van der Waals surface area contributed by atoms with Crippen molar-refractivity contribution in [2.75, 3.05) is 46.8 Å². The number of hydrogen-bond donors (Lipinski definition) is 1. The molecule has 0 radical (unpaired) electrons. The van der Waals surface area contributed by atoms with Gasteiger partial charge in [-0.25, -0.2) is 0 Å². The van der Waals surface area contributed by atoms with E-state index < -0.39 is 0 Å². The molecule has 0 amide bonds. The molecule has 1 heterocycles. The van der Waals surface area contributed by atoms with Gasteiger partial charge < -0.3 is 10.2 Å². The Hall–Kier alpha value is -0.120. The third kappa shape index (κ3) is 2.73. The van der Waals surface area contributed by atoms with Crippen LogP contribution in [0, 0.1) is 0 Å². The summed E-state index contributed by atoms with van der Waals surface area (Å²) in [7, 11) is 4.22. The smallest absolute Gasteiger partial charge is 0.0192 e. The average molecular weight is 171 g/mol. The fraction of sp³-hybridized carbons (Fsp3) is 1.00. The summed E-state index contributed by atoms with van der Waals surface area (Å²) < 4.78 is 0. The molecule has 1 atom stereocenters. The van der Waals surface area contributed by atoms with Gasteiger partial charge in [-0.1, -0.05) is 0 Å². The molecule has 1 saturated heterocycles. The van der Waals surface area contributed by atoms with E-state index >= 15 is 0 Å². The highest BCUT2D eigenvalue weighted by Gasteiger charge is 2.19. The molecule has 0 bridgehead atoms. The first kappa shape index (κ1) is 9.96. The van der Waals surface area contributed by atoms with Crippen molar-refractivity contribution < 1.29 is 0 Å². The van der Waals surface area contributed by atoms with E-state index in [1.807, 2.05) is 7.05 Å². The molecule has 0 aromatic carbocycles. The Bertz CT molecular complexity index is 125. The van der Waals surface area contributed by atoms with E-state index in [0.29, 0.717) is 0 Å². The summed E-state index contributed by atoms with van der Waals surface area (Å²) in [4.78, 5) is 4.96. The highest BCUT2D eigenvalue weighted by molar-refractivity contribution is 4.76. The summed E-state index contributed by atoms with van der Waals surface area (Å²) in [6, 6.07) is 0.718. The quantitative estimate of drug-likeness (QED) is 0.637. The van der Waals surface area contributed by atoms with Crippen LogP contribution in [-0.2, 0) is 0 Å². The molecule has 0 aromatic rings. The van der Waals surface area contributed by atoms with Crippen molar-refractivity contribution in [3.8, 4) is 0 Å². The molecule has 1 unspecified atom stereocenters. The fourth-order valence-corrected chi connectivity index (χ4v) is 1.60. The van der Waals surface area contributed by atoms with Crippen molar-refractivity contribution in [2.24, 2.45) is 0 Å². The van der Waals surface area contributed by atoms with Crippen LogP contribution in [0.3, 0.4) is 0 Å². The fourth-order valence-electron chi connectivity index (χ4n) is 1.60. The van der Waals surface area contributed by atoms with Crippen LogP contribution < -0.4 is 5.32 Å². The highest BCUT2D eigenvalue weighted by Crippen LogP contribution is 2.05. The molecule has 12 heavy (non-hydrogen) atoms. The molecule has 1 aliphatic heterocycles. The lowest BCUT2D eigenvalue weighted by Gasteiger charge is -2.37. The predicted molar refractivity (Wildman–Crippen MR) is 52.5 cm³/mol. The SMILES string of the molecule is CNCCN1CCN(C)C(C)C1. The van der Waals surface area contributed by atoms with E-state index in [9.17, 15) is 0 Å². The molecule has 0 aliphatic carbocycles. The number of likely N-dealkylation sites (N-methyl/N-ethyl adjacent to an activating group) is 2. The highest BCUT2D eigenvalue weighted by atomic mass is 15.3. The minimum absolute atomic E-state index is 0.718. The minimum Gasteiger partial charge on any atom is -0.318 e. The lowest BCUT2D eigenvalue weighted by molar-refractivity contribution is 0.106. The molecule has 0 saturated carbocycles. The molecule has 1 N–H and O–H groups in total. The number of nitrogens with zero attached hydrogens (tertiary/aromatic N) is 2. The maximum atomic E-state index is 3.19. The first-order chi connectivity index (χ1) is 5.74. The molecule has 0 aromatic heterocycles. The molecule has 0 spiro atoms. The van der Waals surface area contributed by atoms with Gasteiger partial charge in [0.1, 0.15) is 0 Å². The third-order valence-corrected chi connectivity index (χ3v) is 2.72. The van der Waals surface area contributed by atoms with Gasteiger partial charge in [0.05, 0.1) is 0 Å². The second-order valence-electron chi connectivity index (χ2n) is 3.73. The Morgan fingerprint density at radius 3 is 2.75 bits per heavy atom. The van der Waals surface area contributed by atoms with Gasteiger partial charge in [-0.15, -0.1) is 0 Å². The molecule has 1 fully saturated rings.